The molecule has 0 aliphatic carbocycles. The maximum absolute atomic E-state index is 13.5. The number of piperazine rings is 1. The summed E-state index contributed by atoms with van der Waals surface area (Å²) in [4.78, 5) is 16.6. The van der Waals surface area contributed by atoms with E-state index in [1.807, 2.05) is 31.2 Å². The fourth-order valence-electron chi connectivity index (χ4n) is 3.90. The van der Waals surface area contributed by atoms with E-state index in [2.05, 4.69) is 9.62 Å². The third-order valence-corrected chi connectivity index (χ3v) is 7.01. The Labute approximate surface area is 203 Å². The van der Waals surface area contributed by atoms with Gasteiger partial charge in [0.25, 0.3) is 15.9 Å². The van der Waals surface area contributed by atoms with Crippen molar-refractivity contribution < 1.29 is 26.7 Å². The first kappa shape index (κ1) is 24.5. The van der Waals surface area contributed by atoms with Crippen LogP contribution >= 0.6 is 0 Å². The van der Waals surface area contributed by atoms with E-state index in [0.717, 1.165) is 23.6 Å². The number of hydrogen-bond donors (Lipinski definition) is 1. The Morgan fingerprint density at radius 3 is 2.40 bits per heavy atom. The lowest BCUT2D eigenvalue weighted by Crippen LogP contribution is -2.48. The lowest BCUT2D eigenvalue weighted by atomic mass is 10.1. The monoisotopic (exact) mass is 501 g/mol. The zero-order valence-electron chi connectivity index (χ0n) is 19.1. The highest BCUT2D eigenvalue weighted by Crippen LogP contribution is 2.29. The zero-order valence-corrected chi connectivity index (χ0v) is 19.9. The van der Waals surface area contributed by atoms with E-state index in [1.54, 1.807) is 17.0 Å². The van der Waals surface area contributed by atoms with E-state index in [0.29, 0.717) is 44.4 Å². The van der Waals surface area contributed by atoms with Crippen molar-refractivity contribution in [2.75, 3.05) is 42.4 Å². The van der Waals surface area contributed by atoms with Gasteiger partial charge in [0, 0.05) is 37.4 Å². The summed E-state index contributed by atoms with van der Waals surface area (Å²) in [5.74, 6) is -1.83. The number of nitrogens with zero attached hydrogens (tertiary/aromatic N) is 2. The van der Waals surface area contributed by atoms with E-state index in [4.69, 9.17) is 4.74 Å². The Bertz CT molecular complexity index is 1330. The minimum atomic E-state index is -4.17. The topological polar surface area (TPSA) is 79.0 Å². The first-order valence-electron chi connectivity index (χ1n) is 11.1. The molecule has 4 rings (SSSR count). The Hall–Kier alpha value is -3.66. The molecule has 1 fully saturated rings. The van der Waals surface area contributed by atoms with E-state index in [9.17, 15) is 22.0 Å². The van der Waals surface area contributed by atoms with Gasteiger partial charge < -0.3 is 14.5 Å². The van der Waals surface area contributed by atoms with Crippen molar-refractivity contribution in [1.29, 1.82) is 0 Å². The molecule has 0 radical (unpaired) electrons. The van der Waals surface area contributed by atoms with Crippen molar-refractivity contribution in [3.8, 4) is 5.75 Å². The van der Waals surface area contributed by atoms with Crippen molar-refractivity contribution in [2.24, 2.45) is 0 Å². The summed E-state index contributed by atoms with van der Waals surface area (Å²) >= 11 is 0. The van der Waals surface area contributed by atoms with Crippen LogP contribution in [0.15, 0.2) is 71.6 Å². The van der Waals surface area contributed by atoms with Crippen molar-refractivity contribution in [3.05, 3.63) is 83.9 Å². The van der Waals surface area contributed by atoms with E-state index < -0.39 is 26.6 Å². The number of ether oxygens (including phenoxy) is 1. The molecule has 1 aliphatic rings. The SMILES string of the molecule is CCOc1ccccc1N1CCN(C(=O)c2cccc(NS(=O)(=O)c3ccc(F)c(F)c3)c2)CC1. The molecule has 0 atom stereocenters. The predicted molar refractivity (Wildman–Crippen MR) is 129 cm³/mol. The third-order valence-electron chi connectivity index (χ3n) is 5.64. The minimum Gasteiger partial charge on any atom is -0.492 e. The lowest BCUT2D eigenvalue weighted by molar-refractivity contribution is 0.0746. The van der Waals surface area contributed by atoms with Crippen LogP contribution in [0, 0.1) is 11.6 Å². The summed E-state index contributed by atoms with van der Waals surface area (Å²) in [7, 11) is -4.17. The van der Waals surface area contributed by atoms with Gasteiger partial charge in [-0.2, -0.15) is 0 Å². The molecule has 35 heavy (non-hydrogen) atoms. The number of hydrogen-bond acceptors (Lipinski definition) is 5. The van der Waals surface area contributed by atoms with Gasteiger partial charge in [-0.05, 0) is 55.5 Å². The van der Waals surface area contributed by atoms with E-state index in [-0.39, 0.29) is 11.6 Å². The summed E-state index contributed by atoms with van der Waals surface area (Å²) < 4.78 is 59.9. The van der Waals surface area contributed by atoms with E-state index in [1.165, 1.54) is 12.1 Å². The van der Waals surface area contributed by atoms with Gasteiger partial charge >= 0.3 is 0 Å². The van der Waals surface area contributed by atoms with Crippen LogP contribution < -0.4 is 14.4 Å². The molecular weight excluding hydrogens is 476 g/mol. The fourth-order valence-corrected chi connectivity index (χ4v) is 4.96. The lowest BCUT2D eigenvalue weighted by Gasteiger charge is -2.36. The molecule has 1 N–H and O–H groups in total. The number of halogens is 2. The summed E-state index contributed by atoms with van der Waals surface area (Å²) in [5.41, 5.74) is 1.44. The summed E-state index contributed by atoms with van der Waals surface area (Å²) in [6.07, 6.45) is 0. The van der Waals surface area contributed by atoms with Gasteiger partial charge in [-0.3, -0.25) is 9.52 Å². The molecule has 1 aliphatic heterocycles. The zero-order chi connectivity index (χ0) is 25.0. The Morgan fingerprint density at radius 1 is 0.943 bits per heavy atom. The number of carbonyl (C=O) groups is 1. The molecule has 0 spiro atoms. The molecule has 0 bridgehead atoms. The number of amides is 1. The Morgan fingerprint density at radius 2 is 1.69 bits per heavy atom. The van der Waals surface area contributed by atoms with Crippen molar-refractivity contribution in [3.63, 3.8) is 0 Å². The van der Waals surface area contributed by atoms with Crippen molar-refractivity contribution >= 4 is 27.3 Å². The van der Waals surface area contributed by atoms with Gasteiger partial charge in [0.05, 0.1) is 17.2 Å². The van der Waals surface area contributed by atoms with Crippen molar-refractivity contribution in [2.45, 2.75) is 11.8 Å². The van der Waals surface area contributed by atoms with Gasteiger partial charge in [-0.25, -0.2) is 17.2 Å². The summed E-state index contributed by atoms with van der Waals surface area (Å²) in [5, 5.41) is 0. The second kappa shape index (κ2) is 10.3. The smallest absolute Gasteiger partial charge is 0.261 e. The molecule has 184 valence electrons. The second-order valence-corrected chi connectivity index (χ2v) is 9.62. The number of anilines is 2. The van der Waals surface area contributed by atoms with Crippen LogP contribution in [0.1, 0.15) is 17.3 Å². The molecule has 10 heteroatoms. The number of para-hydroxylation sites is 2. The van der Waals surface area contributed by atoms with Crippen LogP contribution in [-0.2, 0) is 10.0 Å². The van der Waals surface area contributed by atoms with Gasteiger partial charge in [-0.15, -0.1) is 0 Å². The Balaban J connectivity index is 1.44. The number of sulfonamides is 1. The third kappa shape index (κ3) is 5.54. The average Bonchev–Trinajstić information content (AvgIpc) is 2.86. The number of rotatable bonds is 7. The van der Waals surface area contributed by atoms with Gasteiger partial charge in [0.1, 0.15) is 5.75 Å². The highest BCUT2D eigenvalue weighted by Gasteiger charge is 2.24. The highest BCUT2D eigenvalue weighted by molar-refractivity contribution is 7.92. The van der Waals surface area contributed by atoms with Crippen LogP contribution in [-0.4, -0.2) is 52.0 Å². The van der Waals surface area contributed by atoms with Crippen LogP contribution in [0.3, 0.4) is 0 Å². The number of carbonyl (C=O) groups excluding carboxylic acids is 1. The summed E-state index contributed by atoms with van der Waals surface area (Å²) in [6.45, 7) is 4.72. The molecular formula is C25H25F2N3O4S. The highest BCUT2D eigenvalue weighted by atomic mass is 32.2. The molecule has 3 aromatic carbocycles. The fraction of sp³-hybridized carbons (Fsp3) is 0.240. The predicted octanol–water partition coefficient (Wildman–Crippen LogP) is 4.13. The molecule has 0 aromatic heterocycles. The van der Waals surface area contributed by atoms with Crippen molar-refractivity contribution in [1.82, 2.24) is 4.90 Å². The Kier molecular flexibility index (Phi) is 7.20. The first-order valence-corrected chi connectivity index (χ1v) is 12.6. The summed E-state index contributed by atoms with van der Waals surface area (Å²) in [6, 6.07) is 16.2. The van der Waals surface area contributed by atoms with Crippen LogP contribution in [0.2, 0.25) is 0 Å². The van der Waals surface area contributed by atoms with Gasteiger partial charge in [0.15, 0.2) is 11.6 Å². The largest absolute Gasteiger partial charge is 0.492 e. The number of benzene rings is 3. The maximum atomic E-state index is 13.5. The molecule has 1 saturated heterocycles. The first-order chi connectivity index (χ1) is 16.8. The maximum Gasteiger partial charge on any atom is 0.261 e. The van der Waals surface area contributed by atoms with Gasteiger partial charge in [-0.1, -0.05) is 18.2 Å². The van der Waals surface area contributed by atoms with E-state index >= 15 is 0 Å². The molecule has 0 unspecified atom stereocenters. The van der Waals surface area contributed by atoms with Crippen LogP contribution in [0.4, 0.5) is 20.2 Å². The molecule has 0 saturated carbocycles. The molecule has 1 amide bonds. The normalized spacial score (nSPS) is 14.0. The quantitative estimate of drug-likeness (QED) is 0.527. The average molecular weight is 502 g/mol. The van der Waals surface area contributed by atoms with Crippen LogP contribution in [0.5, 0.6) is 5.75 Å². The second-order valence-electron chi connectivity index (χ2n) is 7.94. The standard InChI is InChI=1S/C25H25F2N3O4S/c1-2-34-24-9-4-3-8-23(24)29-12-14-30(15-13-29)25(31)18-6-5-7-19(16-18)28-35(32,33)20-10-11-21(26)22(27)17-20/h3-11,16-17,28H,2,12-15H2,1H3. The molecule has 7 nitrogen and oxygen atoms in total. The number of nitrogens with one attached hydrogen (secondary N) is 1. The van der Waals surface area contributed by atoms with Gasteiger partial charge in [0.2, 0.25) is 0 Å². The molecule has 3 aromatic rings. The molecule has 1 heterocycles. The minimum absolute atomic E-state index is 0.143. The van der Waals surface area contributed by atoms with Crippen LogP contribution in [0.25, 0.3) is 0 Å².